The van der Waals surface area contributed by atoms with Crippen molar-refractivity contribution in [1.82, 2.24) is 15.2 Å². The number of thioether (sulfide) groups is 2. The number of nitrogens with zero attached hydrogens (tertiary/aromatic N) is 5. The van der Waals surface area contributed by atoms with Gasteiger partial charge in [0.05, 0.1) is 9.85 Å². The summed E-state index contributed by atoms with van der Waals surface area (Å²) in [5, 5.41) is 30.6. The highest BCUT2D eigenvalue weighted by Crippen LogP contribution is 2.45. The number of rotatable bonds is 16. The number of halogens is 3. The first-order valence-electron chi connectivity index (χ1n) is 15.9. The van der Waals surface area contributed by atoms with Crippen molar-refractivity contribution in [3.05, 3.63) is 103 Å². The molecule has 3 aromatic rings. The Morgan fingerprint density at radius 1 is 1.04 bits per heavy atom. The number of non-ortho nitro benzene ring substituents is 2. The van der Waals surface area contributed by atoms with Crippen molar-refractivity contribution in [2.75, 3.05) is 24.2 Å². The van der Waals surface area contributed by atoms with E-state index in [4.69, 9.17) is 14.3 Å². The number of ether oxygens (including phenoxy) is 2. The van der Waals surface area contributed by atoms with Crippen LogP contribution in [0.5, 0.6) is 0 Å². The lowest BCUT2D eigenvalue weighted by molar-refractivity contribution is -0.385. The maximum Gasteiger partial charge on any atom is 0.471 e. The fraction of sp³-hybridized carbons (Fsp3) is 0.281. The molecule has 0 spiro atoms. The molecule has 2 aromatic carbocycles. The van der Waals surface area contributed by atoms with Crippen LogP contribution in [0.1, 0.15) is 16.8 Å². The number of β-lactam (4-membered cyclic amide) rings is 1. The van der Waals surface area contributed by atoms with E-state index in [0.29, 0.717) is 22.5 Å². The molecule has 0 radical (unpaired) electrons. The van der Waals surface area contributed by atoms with E-state index in [-0.39, 0.29) is 36.9 Å². The van der Waals surface area contributed by atoms with E-state index in [1.807, 2.05) is 0 Å². The highest BCUT2D eigenvalue weighted by molar-refractivity contribution is 8.06. The summed E-state index contributed by atoms with van der Waals surface area (Å²) in [6.07, 6.45) is -5.25. The topological polar surface area (TPSA) is 252 Å². The summed E-state index contributed by atoms with van der Waals surface area (Å²) in [5.41, 5.74) is -0.549. The molecule has 0 bridgehead atoms. The Kier molecular flexibility index (Phi) is 13.1. The lowest BCUT2D eigenvalue weighted by Gasteiger charge is -2.53. The smallest absolute Gasteiger partial charge is 0.460 e. The van der Waals surface area contributed by atoms with Crippen LogP contribution < -0.4 is 10.6 Å². The average molecular weight is 854 g/mol. The molecule has 300 valence electrons. The van der Waals surface area contributed by atoms with Crippen molar-refractivity contribution < 1.29 is 61.3 Å². The van der Waals surface area contributed by atoms with E-state index < -0.39 is 85.0 Å². The number of thiazole rings is 1. The van der Waals surface area contributed by atoms with Crippen LogP contribution in [0.2, 0.25) is 0 Å². The van der Waals surface area contributed by atoms with Crippen LogP contribution in [0.25, 0.3) is 0 Å². The summed E-state index contributed by atoms with van der Waals surface area (Å²) in [6, 6.07) is 9.29. The normalized spacial score (nSPS) is 19.0. The van der Waals surface area contributed by atoms with Gasteiger partial charge in [0.2, 0.25) is 12.5 Å². The fourth-order valence-corrected chi connectivity index (χ4v) is 8.28. The Bertz CT molecular complexity index is 2120. The van der Waals surface area contributed by atoms with Gasteiger partial charge in [-0.05, 0) is 40.8 Å². The maximum atomic E-state index is 13.5. The van der Waals surface area contributed by atoms with Crippen LogP contribution >= 0.6 is 34.9 Å². The summed E-state index contributed by atoms with van der Waals surface area (Å²) in [6.45, 7) is 2.12. The van der Waals surface area contributed by atoms with Crippen molar-refractivity contribution in [3.8, 4) is 0 Å². The molecule has 25 heteroatoms. The molecular weight excluding hydrogens is 828 g/mol. The summed E-state index contributed by atoms with van der Waals surface area (Å²) in [7, 11) is 0. The first-order chi connectivity index (χ1) is 27.0. The molecule has 2 saturated heterocycles. The Labute approximate surface area is 330 Å². The zero-order valence-electron chi connectivity index (χ0n) is 28.7. The van der Waals surface area contributed by atoms with Gasteiger partial charge in [0.15, 0.2) is 10.8 Å². The lowest BCUT2D eigenvalue weighted by Crippen LogP contribution is -2.74. The van der Waals surface area contributed by atoms with E-state index in [9.17, 15) is 57.4 Å². The van der Waals surface area contributed by atoms with Gasteiger partial charge in [0.1, 0.15) is 35.1 Å². The summed E-state index contributed by atoms with van der Waals surface area (Å²) >= 11 is 2.66. The third-order valence-corrected chi connectivity index (χ3v) is 11.4. The van der Waals surface area contributed by atoms with Gasteiger partial charge in [-0.3, -0.25) is 44.7 Å². The fourth-order valence-electron chi connectivity index (χ4n) is 5.04. The van der Waals surface area contributed by atoms with Crippen molar-refractivity contribution in [2.24, 2.45) is 5.16 Å². The van der Waals surface area contributed by atoms with Crippen molar-refractivity contribution in [2.45, 2.75) is 35.6 Å². The molecule has 3 atom stereocenters. The predicted molar refractivity (Wildman–Crippen MR) is 195 cm³/mol. The van der Waals surface area contributed by atoms with Crippen LogP contribution in [-0.2, 0) is 51.5 Å². The lowest BCUT2D eigenvalue weighted by atomic mass is 10.0. The van der Waals surface area contributed by atoms with Crippen molar-refractivity contribution in [1.29, 1.82) is 0 Å². The monoisotopic (exact) mass is 853 g/mol. The zero-order valence-corrected chi connectivity index (χ0v) is 31.1. The predicted octanol–water partition coefficient (Wildman–Crippen LogP) is 3.68. The van der Waals surface area contributed by atoms with Crippen molar-refractivity contribution >= 4 is 86.7 Å². The zero-order chi connectivity index (χ0) is 41.5. The van der Waals surface area contributed by atoms with Gasteiger partial charge in [0.25, 0.3) is 17.3 Å². The second-order valence-corrected chi connectivity index (χ2v) is 15.0. The molecular formula is C32H26F3N7O12S3. The third-order valence-electron chi connectivity index (χ3n) is 7.86. The van der Waals surface area contributed by atoms with Gasteiger partial charge in [-0.25, -0.2) is 9.78 Å². The molecule has 2 aliphatic heterocycles. The molecule has 3 amide bonds. The molecule has 57 heavy (non-hydrogen) atoms. The Balaban J connectivity index is 1.24. The van der Waals surface area contributed by atoms with E-state index in [1.165, 1.54) is 58.8 Å². The van der Waals surface area contributed by atoms with E-state index in [2.05, 4.69) is 22.0 Å². The number of hydrogen-bond donors (Lipinski definition) is 2. The highest BCUT2D eigenvalue weighted by atomic mass is 32.2. The minimum Gasteiger partial charge on any atom is -0.460 e. The molecule has 2 unspecified atom stereocenters. The van der Waals surface area contributed by atoms with E-state index in [1.54, 1.807) is 5.32 Å². The number of nitrogens with one attached hydrogen (secondary N) is 2. The number of nitro benzene ring substituents is 2. The first kappa shape index (κ1) is 42.1. The number of amides is 3. The molecule has 1 aromatic heterocycles. The number of carbonyl (C=O) groups excluding carboxylic acids is 5. The van der Waals surface area contributed by atoms with Gasteiger partial charge >= 0.3 is 24.0 Å². The summed E-state index contributed by atoms with van der Waals surface area (Å²) in [4.78, 5) is 94.7. The molecule has 2 fully saturated rings. The molecule has 2 aliphatic rings. The van der Waals surface area contributed by atoms with Gasteiger partial charge in [0, 0.05) is 41.9 Å². The number of anilines is 1. The minimum atomic E-state index is -5.25. The Morgan fingerprint density at radius 3 is 2.19 bits per heavy atom. The number of esters is 2. The summed E-state index contributed by atoms with van der Waals surface area (Å²) in [5.74, 6) is -5.66. The second-order valence-electron chi connectivity index (χ2n) is 11.7. The second kappa shape index (κ2) is 17.8. The molecule has 3 heterocycles. The number of nitro groups is 2. The highest BCUT2D eigenvalue weighted by Gasteiger charge is 2.58. The van der Waals surface area contributed by atoms with Gasteiger partial charge in [-0.2, -0.15) is 13.2 Å². The summed E-state index contributed by atoms with van der Waals surface area (Å²) < 4.78 is 47.7. The number of benzene rings is 2. The van der Waals surface area contributed by atoms with Gasteiger partial charge < -0.3 is 24.5 Å². The number of carbonyl (C=O) groups is 5. The third kappa shape index (κ3) is 10.2. The molecule has 0 saturated carbocycles. The molecule has 0 aliphatic carbocycles. The quantitative estimate of drug-likeness (QED) is 0.0686. The molecule has 2 N–H and O–H groups in total. The number of fused-ring (bicyclic) bond motifs is 1. The number of aromatic nitrogens is 1. The average Bonchev–Trinajstić information content (AvgIpc) is 3.64. The first-order valence-corrected chi connectivity index (χ1v) is 18.7. The Morgan fingerprint density at radius 2 is 1.63 bits per heavy atom. The number of oxime groups is 1. The van der Waals surface area contributed by atoms with Gasteiger partial charge in [-0.1, -0.05) is 11.7 Å². The number of hydrogen-bond acceptors (Lipinski definition) is 17. The van der Waals surface area contributed by atoms with Crippen LogP contribution in [0.4, 0.5) is 29.7 Å². The molecule has 19 nitrogen and oxygen atoms in total. The van der Waals surface area contributed by atoms with E-state index >= 15 is 0 Å². The Hall–Kier alpha value is -6.08. The van der Waals surface area contributed by atoms with Crippen LogP contribution in [0, 0.1) is 20.2 Å². The standard InChI is InChI=1S/C32H26F3N7O12S3/c1-2-57-31(29(47)53-12-18-5-9-20(10-6-18)42(50)51)15-40-26(45)24(27(40)56-16-31)37-25(44)23(21-14-55-30(36-21)38-28(46)32(33,34)35)39-54-13-22(43)52-11-17-3-7-19(8-4-17)41(48)49/h2-10,14,24,27H,1,11-13,15-16H2,(H,37,44)(H,36,38,46)/t24?,27-,31?/m1/s1. The van der Waals surface area contributed by atoms with Crippen LogP contribution in [0.15, 0.2) is 71.1 Å². The van der Waals surface area contributed by atoms with Crippen LogP contribution in [-0.4, -0.2) is 96.3 Å². The SMILES string of the molecule is C=CSC1(C(=O)OCc2ccc([N+](=O)[O-])cc2)CS[C@@H]2C(NC(=O)C(=NOCC(=O)OCc3ccc([N+](=O)[O-])cc3)c3csc(NC(=O)C(F)(F)F)n3)C(=O)N2C1. The van der Waals surface area contributed by atoms with Gasteiger partial charge in [-0.15, -0.1) is 34.9 Å². The minimum absolute atomic E-state index is 0.0873. The van der Waals surface area contributed by atoms with Crippen LogP contribution in [0.3, 0.4) is 0 Å². The van der Waals surface area contributed by atoms with Crippen molar-refractivity contribution in [3.63, 3.8) is 0 Å². The largest absolute Gasteiger partial charge is 0.471 e. The maximum absolute atomic E-state index is 13.5. The number of alkyl halides is 3. The van der Waals surface area contributed by atoms with E-state index in [0.717, 1.165) is 28.9 Å². The molecule has 5 rings (SSSR count).